The molecule has 1 aliphatic heterocycles. The van der Waals surface area contributed by atoms with Crippen LogP contribution in [-0.4, -0.2) is 31.9 Å². The molecule has 3 rings (SSSR count). The van der Waals surface area contributed by atoms with E-state index >= 15 is 0 Å². The summed E-state index contributed by atoms with van der Waals surface area (Å²) >= 11 is 0. The van der Waals surface area contributed by atoms with Crippen molar-refractivity contribution < 1.29 is 18.6 Å². The van der Waals surface area contributed by atoms with E-state index in [1.807, 2.05) is 44.2 Å². The van der Waals surface area contributed by atoms with Crippen molar-refractivity contribution in [2.24, 2.45) is 0 Å². The zero-order valence-electron chi connectivity index (χ0n) is 14.6. The second-order valence-electron chi connectivity index (χ2n) is 6.30. The van der Waals surface area contributed by atoms with Gasteiger partial charge in [0.15, 0.2) is 23.4 Å². The average Bonchev–Trinajstić information content (AvgIpc) is 2.62. The SMILES string of the molecule is CC(C)Oc1cccc(F)c1OC(c1ccccc1)C1CNCCO1. The normalized spacial score (nSPS) is 18.8. The number of hydrogen-bond donors (Lipinski definition) is 1. The molecule has 0 bridgehead atoms. The number of para-hydroxylation sites is 1. The largest absolute Gasteiger partial charge is 0.487 e. The molecule has 2 unspecified atom stereocenters. The van der Waals surface area contributed by atoms with Crippen molar-refractivity contribution in [3.05, 3.63) is 59.9 Å². The van der Waals surface area contributed by atoms with Gasteiger partial charge >= 0.3 is 0 Å². The summed E-state index contributed by atoms with van der Waals surface area (Å²) in [6.07, 6.45) is -0.713. The summed E-state index contributed by atoms with van der Waals surface area (Å²) in [5.41, 5.74) is 0.940. The minimum atomic E-state index is -0.442. The first-order chi connectivity index (χ1) is 12.1. The fraction of sp³-hybridized carbons (Fsp3) is 0.400. The summed E-state index contributed by atoms with van der Waals surface area (Å²) in [6.45, 7) is 5.85. The van der Waals surface area contributed by atoms with Gasteiger partial charge in [0.05, 0.1) is 12.7 Å². The number of rotatable bonds is 6. The third-order valence-electron chi connectivity index (χ3n) is 3.96. The maximum Gasteiger partial charge on any atom is 0.197 e. The van der Waals surface area contributed by atoms with Crippen LogP contribution >= 0.6 is 0 Å². The van der Waals surface area contributed by atoms with E-state index in [0.717, 1.165) is 12.1 Å². The van der Waals surface area contributed by atoms with E-state index in [1.54, 1.807) is 12.1 Å². The second-order valence-corrected chi connectivity index (χ2v) is 6.30. The van der Waals surface area contributed by atoms with Crippen molar-refractivity contribution in [2.75, 3.05) is 19.7 Å². The third-order valence-corrected chi connectivity index (χ3v) is 3.96. The van der Waals surface area contributed by atoms with Crippen LogP contribution in [0.15, 0.2) is 48.5 Å². The van der Waals surface area contributed by atoms with Crippen LogP contribution < -0.4 is 14.8 Å². The quantitative estimate of drug-likeness (QED) is 0.866. The van der Waals surface area contributed by atoms with Gasteiger partial charge in [-0.05, 0) is 31.5 Å². The van der Waals surface area contributed by atoms with Gasteiger partial charge in [-0.2, -0.15) is 0 Å². The first kappa shape index (κ1) is 17.7. The predicted octanol–water partition coefficient (Wildman–Crippen LogP) is 3.72. The molecule has 0 aliphatic carbocycles. The number of ether oxygens (including phenoxy) is 3. The topological polar surface area (TPSA) is 39.7 Å². The van der Waals surface area contributed by atoms with Crippen molar-refractivity contribution in [2.45, 2.75) is 32.2 Å². The minimum absolute atomic E-state index is 0.0769. The summed E-state index contributed by atoms with van der Waals surface area (Å²) in [5.74, 6) is 0.0850. The first-order valence-corrected chi connectivity index (χ1v) is 8.64. The van der Waals surface area contributed by atoms with E-state index in [0.29, 0.717) is 18.9 Å². The lowest BCUT2D eigenvalue weighted by Gasteiger charge is -2.32. The van der Waals surface area contributed by atoms with E-state index < -0.39 is 11.9 Å². The molecular weight excluding hydrogens is 321 g/mol. The molecule has 1 aliphatic rings. The standard InChI is InChI=1S/C20H24FNO3/c1-14(2)24-17-10-6-9-16(21)20(17)25-19(15-7-4-3-5-8-15)18-13-22-11-12-23-18/h3-10,14,18-19,22H,11-13H2,1-2H3. The van der Waals surface area contributed by atoms with Crippen LogP contribution in [0.2, 0.25) is 0 Å². The molecule has 0 aromatic heterocycles. The molecule has 0 spiro atoms. The molecule has 1 N–H and O–H groups in total. The number of benzene rings is 2. The van der Waals surface area contributed by atoms with Gasteiger partial charge in [-0.3, -0.25) is 0 Å². The zero-order valence-corrected chi connectivity index (χ0v) is 14.6. The fourth-order valence-corrected chi connectivity index (χ4v) is 2.86. The van der Waals surface area contributed by atoms with E-state index in [-0.39, 0.29) is 18.0 Å². The lowest BCUT2D eigenvalue weighted by atomic mass is 10.0. The van der Waals surface area contributed by atoms with Gasteiger partial charge in [0, 0.05) is 13.1 Å². The van der Waals surface area contributed by atoms with Crippen molar-refractivity contribution in [3.8, 4) is 11.5 Å². The molecule has 1 heterocycles. The molecule has 25 heavy (non-hydrogen) atoms. The Morgan fingerprint density at radius 3 is 2.56 bits per heavy atom. The van der Waals surface area contributed by atoms with E-state index in [2.05, 4.69) is 5.32 Å². The Labute approximate surface area is 147 Å². The lowest BCUT2D eigenvalue weighted by molar-refractivity contribution is -0.0451. The van der Waals surface area contributed by atoms with E-state index in [9.17, 15) is 4.39 Å². The van der Waals surface area contributed by atoms with Crippen LogP contribution in [-0.2, 0) is 4.74 Å². The Bertz CT molecular complexity index is 672. The molecule has 5 heteroatoms. The highest BCUT2D eigenvalue weighted by atomic mass is 19.1. The van der Waals surface area contributed by atoms with Crippen LogP contribution in [0.1, 0.15) is 25.5 Å². The molecule has 0 amide bonds. The Balaban J connectivity index is 1.92. The monoisotopic (exact) mass is 345 g/mol. The summed E-state index contributed by atoms with van der Waals surface area (Å²) in [6, 6.07) is 14.5. The van der Waals surface area contributed by atoms with Crippen molar-refractivity contribution in [3.63, 3.8) is 0 Å². The third kappa shape index (κ3) is 4.50. The van der Waals surface area contributed by atoms with E-state index in [1.165, 1.54) is 6.07 Å². The maximum absolute atomic E-state index is 14.5. The number of halogens is 1. The Morgan fingerprint density at radius 2 is 1.88 bits per heavy atom. The van der Waals surface area contributed by atoms with Crippen molar-refractivity contribution >= 4 is 0 Å². The molecule has 0 radical (unpaired) electrons. The average molecular weight is 345 g/mol. The Hall–Kier alpha value is -2.11. The number of morpholine rings is 1. The highest BCUT2D eigenvalue weighted by Crippen LogP contribution is 2.36. The van der Waals surface area contributed by atoms with Gasteiger partial charge in [-0.1, -0.05) is 36.4 Å². The van der Waals surface area contributed by atoms with Crippen LogP contribution in [0.5, 0.6) is 11.5 Å². The Kier molecular flexibility index (Phi) is 5.89. The van der Waals surface area contributed by atoms with Crippen molar-refractivity contribution in [1.82, 2.24) is 5.32 Å². The Morgan fingerprint density at radius 1 is 1.08 bits per heavy atom. The first-order valence-electron chi connectivity index (χ1n) is 8.64. The summed E-state index contributed by atoms with van der Waals surface area (Å²) in [4.78, 5) is 0. The smallest absolute Gasteiger partial charge is 0.197 e. The van der Waals surface area contributed by atoms with Crippen molar-refractivity contribution in [1.29, 1.82) is 0 Å². The van der Waals surface area contributed by atoms with E-state index in [4.69, 9.17) is 14.2 Å². The molecule has 2 atom stereocenters. The van der Waals surface area contributed by atoms with Crippen LogP contribution in [0.25, 0.3) is 0 Å². The van der Waals surface area contributed by atoms with Gasteiger partial charge in [-0.25, -0.2) is 4.39 Å². The molecule has 2 aromatic carbocycles. The maximum atomic E-state index is 14.5. The zero-order chi connectivity index (χ0) is 17.6. The lowest BCUT2D eigenvalue weighted by Crippen LogP contribution is -2.43. The van der Waals surface area contributed by atoms with Crippen LogP contribution in [0.4, 0.5) is 4.39 Å². The predicted molar refractivity (Wildman–Crippen MR) is 94.6 cm³/mol. The second kappa shape index (κ2) is 8.32. The molecule has 2 aromatic rings. The highest BCUT2D eigenvalue weighted by Gasteiger charge is 2.29. The molecule has 1 saturated heterocycles. The number of hydrogen-bond acceptors (Lipinski definition) is 4. The fourth-order valence-electron chi connectivity index (χ4n) is 2.86. The highest BCUT2D eigenvalue weighted by molar-refractivity contribution is 5.42. The summed E-state index contributed by atoms with van der Waals surface area (Å²) in [7, 11) is 0. The minimum Gasteiger partial charge on any atom is -0.487 e. The van der Waals surface area contributed by atoms with Gasteiger partial charge in [-0.15, -0.1) is 0 Å². The molecule has 134 valence electrons. The summed E-state index contributed by atoms with van der Waals surface area (Å²) < 4.78 is 32.2. The van der Waals surface area contributed by atoms with Gasteiger partial charge in [0.25, 0.3) is 0 Å². The molecule has 0 saturated carbocycles. The molecule has 1 fully saturated rings. The van der Waals surface area contributed by atoms with Gasteiger partial charge < -0.3 is 19.5 Å². The molecular formula is C20H24FNO3. The van der Waals surface area contributed by atoms with Crippen LogP contribution in [0, 0.1) is 5.82 Å². The number of nitrogens with one attached hydrogen (secondary N) is 1. The van der Waals surface area contributed by atoms with Gasteiger partial charge in [0.1, 0.15) is 6.10 Å². The summed E-state index contributed by atoms with van der Waals surface area (Å²) in [5, 5.41) is 3.30. The van der Waals surface area contributed by atoms with Gasteiger partial charge in [0.2, 0.25) is 0 Å². The molecule has 4 nitrogen and oxygen atoms in total. The van der Waals surface area contributed by atoms with Crippen LogP contribution in [0.3, 0.4) is 0 Å².